The zero-order valence-electron chi connectivity index (χ0n) is 14.4. The van der Waals surface area contributed by atoms with Gasteiger partial charge in [-0.05, 0) is 35.9 Å². The smallest absolute Gasteiger partial charge is 0.256 e. The molecule has 2 heterocycles. The number of pyridine rings is 1. The van der Waals surface area contributed by atoms with Crippen molar-refractivity contribution < 1.29 is 4.79 Å². The van der Waals surface area contributed by atoms with Crippen molar-refractivity contribution in [2.24, 2.45) is 0 Å². The Morgan fingerprint density at radius 2 is 1.88 bits per heavy atom. The number of amides is 1. The SMILES string of the molecule is CN(Cc1cccc2ncccc12)C(=O)c1ccccc1-n1cccn1. The maximum absolute atomic E-state index is 13.1. The van der Waals surface area contributed by atoms with E-state index in [4.69, 9.17) is 0 Å². The lowest BCUT2D eigenvalue weighted by Crippen LogP contribution is -2.27. The first-order chi connectivity index (χ1) is 12.7. The van der Waals surface area contributed by atoms with Crippen LogP contribution in [0.25, 0.3) is 16.6 Å². The molecule has 2 aromatic heterocycles. The summed E-state index contributed by atoms with van der Waals surface area (Å²) in [4.78, 5) is 19.2. The van der Waals surface area contributed by atoms with Crippen molar-refractivity contribution in [2.45, 2.75) is 6.54 Å². The fourth-order valence-electron chi connectivity index (χ4n) is 3.10. The Balaban J connectivity index is 1.65. The molecule has 1 amide bonds. The van der Waals surface area contributed by atoms with Crippen molar-refractivity contribution in [3.05, 3.63) is 90.4 Å². The predicted octanol–water partition coefficient (Wildman–Crippen LogP) is 3.69. The molecule has 0 unspecified atom stereocenters. The molecule has 0 aliphatic carbocycles. The molecule has 2 aromatic carbocycles. The summed E-state index contributed by atoms with van der Waals surface area (Å²) in [5.41, 5.74) is 3.40. The highest BCUT2D eigenvalue weighted by atomic mass is 16.2. The summed E-state index contributed by atoms with van der Waals surface area (Å²) in [6.45, 7) is 0.509. The van der Waals surface area contributed by atoms with Crippen LogP contribution in [0.15, 0.2) is 79.3 Å². The van der Waals surface area contributed by atoms with Gasteiger partial charge in [-0.1, -0.05) is 30.3 Å². The lowest BCUT2D eigenvalue weighted by Gasteiger charge is -2.20. The number of aromatic nitrogens is 3. The highest BCUT2D eigenvalue weighted by molar-refractivity contribution is 5.97. The maximum Gasteiger partial charge on any atom is 0.256 e. The van der Waals surface area contributed by atoms with Crippen LogP contribution in [0.5, 0.6) is 0 Å². The third-order valence-corrected chi connectivity index (χ3v) is 4.38. The first-order valence-electron chi connectivity index (χ1n) is 8.41. The van der Waals surface area contributed by atoms with Crippen LogP contribution in [-0.2, 0) is 6.54 Å². The summed E-state index contributed by atoms with van der Waals surface area (Å²) in [6, 6.07) is 19.3. The highest BCUT2D eigenvalue weighted by Crippen LogP contribution is 2.20. The Morgan fingerprint density at radius 3 is 2.73 bits per heavy atom. The minimum Gasteiger partial charge on any atom is -0.337 e. The van der Waals surface area contributed by atoms with E-state index in [9.17, 15) is 4.79 Å². The van der Waals surface area contributed by atoms with Gasteiger partial charge in [-0.15, -0.1) is 0 Å². The number of hydrogen-bond acceptors (Lipinski definition) is 3. The van der Waals surface area contributed by atoms with Gasteiger partial charge in [0.05, 0.1) is 16.8 Å². The Labute approximate surface area is 151 Å². The molecule has 4 rings (SSSR count). The van der Waals surface area contributed by atoms with E-state index in [1.165, 1.54) is 0 Å². The summed E-state index contributed by atoms with van der Waals surface area (Å²) in [6.07, 6.45) is 5.32. The highest BCUT2D eigenvalue weighted by Gasteiger charge is 2.17. The van der Waals surface area contributed by atoms with Crippen LogP contribution in [0.3, 0.4) is 0 Å². The lowest BCUT2D eigenvalue weighted by molar-refractivity contribution is 0.0785. The van der Waals surface area contributed by atoms with Crippen molar-refractivity contribution in [2.75, 3.05) is 7.05 Å². The second-order valence-corrected chi connectivity index (χ2v) is 6.12. The van der Waals surface area contributed by atoms with E-state index < -0.39 is 0 Å². The summed E-state index contributed by atoms with van der Waals surface area (Å²) in [5.74, 6) is -0.0445. The van der Waals surface area contributed by atoms with Crippen LogP contribution in [0, 0.1) is 0 Å². The summed E-state index contributed by atoms with van der Waals surface area (Å²) in [7, 11) is 1.82. The standard InChI is InChI=1S/C21H18N4O/c1-24(15-16-7-4-10-19-17(16)9-5-12-22-19)21(26)18-8-2-3-11-20(18)25-14-6-13-23-25/h2-14H,15H2,1H3. The Bertz CT molecular complexity index is 1050. The van der Waals surface area contributed by atoms with Gasteiger partial charge < -0.3 is 4.90 Å². The van der Waals surface area contributed by atoms with E-state index in [1.54, 1.807) is 22.0 Å². The van der Waals surface area contributed by atoms with Gasteiger partial charge in [-0.2, -0.15) is 5.10 Å². The van der Waals surface area contributed by atoms with Crippen molar-refractivity contribution >= 4 is 16.8 Å². The van der Waals surface area contributed by atoms with E-state index in [1.807, 2.05) is 73.9 Å². The molecule has 5 heteroatoms. The van der Waals surface area contributed by atoms with Crippen LogP contribution in [0.1, 0.15) is 15.9 Å². The van der Waals surface area contributed by atoms with Gasteiger partial charge in [0, 0.05) is 37.6 Å². The molecule has 0 aliphatic heterocycles. The molecule has 0 saturated heterocycles. The second kappa shape index (κ2) is 6.80. The zero-order valence-corrected chi connectivity index (χ0v) is 14.4. The van der Waals surface area contributed by atoms with Gasteiger partial charge >= 0.3 is 0 Å². The molecule has 4 aromatic rings. The van der Waals surface area contributed by atoms with Crippen molar-refractivity contribution in [1.29, 1.82) is 0 Å². The molecule has 0 fully saturated rings. The van der Waals surface area contributed by atoms with Crippen molar-refractivity contribution in [1.82, 2.24) is 19.7 Å². The van der Waals surface area contributed by atoms with Crippen molar-refractivity contribution in [3.63, 3.8) is 0 Å². The summed E-state index contributed by atoms with van der Waals surface area (Å²) >= 11 is 0. The third kappa shape index (κ3) is 2.95. The number of para-hydroxylation sites is 1. The Hall–Kier alpha value is -3.47. The van der Waals surface area contributed by atoms with Gasteiger partial charge in [0.25, 0.3) is 5.91 Å². The van der Waals surface area contributed by atoms with E-state index in [0.29, 0.717) is 12.1 Å². The van der Waals surface area contributed by atoms with Crippen molar-refractivity contribution in [3.8, 4) is 5.69 Å². The number of carbonyl (C=O) groups is 1. The molecule has 0 spiro atoms. The molecule has 26 heavy (non-hydrogen) atoms. The average molecular weight is 342 g/mol. The van der Waals surface area contributed by atoms with E-state index in [0.717, 1.165) is 22.2 Å². The first kappa shape index (κ1) is 16.0. The summed E-state index contributed by atoms with van der Waals surface area (Å²) in [5, 5.41) is 5.32. The van der Waals surface area contributed by atoms with Gasteiger partial charge in [0.1, 0.15) is 0 Å². The van der Waals surface area contributed by atoms with E-state index in [2.05, 4.69) is 10.1 Å². The number of rotatable bonds is 4. The quantitative estimate of drug-likeness (QED) is 0.568. The zero-order chi connectivity index (χ0) is 17.9. The molecule has 0 bridgehead atoms. The molecule has 128 valence electrons. The molecule has 5 nitrogen and oxygen atoms in total. The largest absolute Gasteiger partial charge is 0.337 e. The monoisotopic (exact) mass is 342 g/mol. The van der Waals surface area contributed by atoms with Gasteiger partial charge in [-0.3, -0.25) is 9.78 Å². The number of carbonyl (C=O) groups excluding carboxylic acids is 1. The molecule has 0 radical (unpaired) electrons. The molecule has 0 aliphatic rings. The Morgan fingerprint density at radius 1 is 1.00 bits per heavy atom. The van der Waals surface area contributed by atoms with Crippen LogP contribution in [0.4, 0.5) is 0 Å². The van der Waals surface area contributed by atoms with Gasteiger partial charge in [-0.25, -0.2) is 4.68 Å². The minimum absolute atomic E-state index is 0.0445. The lowest BCUT2D eigenvalue weighted by atomic mass is 10.1. The van der Waals surface area contributed by atoms with Crippen LogP contribution >= 0.6 is 0 Å². The van der Waals surface area contributed by atoms with Gasteiger partial charge in [0.2, 0.25) is 0 Å². The Kier molecular flexibility index (Phi) is 4.19. The van der Waals surface area contributed by atoms with Crippen LogP contribution in [0.2, 0.25) is 0 Å². The fraction of sp³-hybridized carbons (Fsp3) is 0.0952. The van der Waals surface area contributed by atoms with Gasteiger partial charge in [0.15, 0.2) is 0 Å². The number of hydrogen-bond donors (Lipinski definition) is 0. The molecule has 0 saturated carbocycles. The topological polar surface area (TPSA) is 51.0 Å². The molecular formula is C21H18N4O. The normalized spacial score (nSPS) is 10.8. The maximum atomic E-state index is 13.1. The predicted molar refractivity (Wildman–Crippen MR) is 101 cm³/mol. The van der Waals surface area contributed by atoms with Crippen LogP contribution < -0.4 is 0 Å². The first-order valence-corrected chi connectivity index (χ1v) is 8.41. The third-order valence-electron chi connectivity index (χ3n) is 4.38. The average Bonchev–Trinajstić information content (AvgIpc) is 3.22. The fourth-order valence-corrected chi connectivity index (χ4v) is 3.10. The number of fused-ring (bicyclic) bond motifs is 1. The molecule has 0 N–H and O–H groups in total. The van der Waals surface area contributed by atoms with Crippen LogP contribution in [-0.4, -0.2) is 32.6 Å². The van der Waals surface area contributed by atoms with E-state index in [-0.39, 0.29) is 5.91 Å². The number of nitrogens with zero attached hydrogens (tertiary/aromatic N) is 4. The second-order valence-electron chi connectivity index (χ2n) is 6.12. The number of benzene rings is 2. The minimum atomic E-state index is -0.0445. The van der Waals surface area contributed by atoms with E-state index >= 15 is 0 Å². The molecule has 0 atom stereocenters. The molecular weight excluding hydrogens is 324 g/mol. The summed E-state index contributed by atoms with van der Waals surface area (Å²) < 4.78 is 1.71.